The maximum atomic E-state index is 12.4. The largest absolute Gasteiger partial charge is 0.326 e. The summed E-state index contributed by atoms with van der Waals surface area (Å²) in [6.07, 6.45) is 0.773. The monoisotopic (exact) mass is 478 g/mol. The van der Waals surface area contributed by atoms with Crippen molar-refractivity contribution >= 4 is 65.0 Å². The number of hydrogen-bond donors (Lipinski definition) is 1. The second kappa shape index (κ2) is 5.89. The number of alkyl halides is 2. The van der Waals surface area contributed by atoms with E-state index in [-0.39, 0.29) is 9.14 Å². The highest BCUT2D eigenvalue weighted by molar-refractivity contribution is 9.25. The van der Waals surface area contributed by atoms with Crippen LogP contribution in [0.2, 0.25) is 0 Å². The summed E-state index contributed by atoms with van der Waals surface area (Å²) < 4.78 is 0.913. The van der Waals surface area contributed by atoms with E-state index in [2.05, 4.69) is 62.3 Å². The normalized spacial score (nSPS) is 21.3. The zero-order chi connectivity index (χ0) is 17.8. The van der Waals surface area contributed by atoms with Crippen molar-refractivity contribution in [3.05, 3.63) is 48.0 Å². The van der Waals surface area contributed by atoms with Crippen LogP contribution in [0, 0.1) is 12.3 Å². The van der Waals surface area contributed by atoms with Crippen molar-refractivity contribution in [2.24, 2.45) is 5.41 Å². The van der Waals surface area contributed by atoms with Crippen molar-refractivity contribution in [2.75, 3.05) is 5.32 Å². The number of hydrogen-bond acceptors (Lipinski definition) is 3. The second-order valence-electron chi connectivity index (χ2n) is 6.74. The third-order valence-electron chi connectivity index (χ3n) is 4.69. The topological polar surface area (TPSA) is 42.0 Å². The van der Waals surface area contributed by atoms with Gasteiger partial charge >= 0.3 is 0 Å². The average Bonchev–Trinajstić information content (AvgIpc) is 2.91. The molecule has 1 saturated carbocycles. The summed E-state index contributed by atoms with van der Waals surface area (Å²) in [6.45, 7) is 4.04. The third-order valence-corrected chi connectivity index (χ3v) is 8.07. The Kier molecular flexibility index (Phi) is 4.05. The number of anilines is 1. The minimum absolute atomic E-state index is 0.0180. The van der Waals surface area contributed by atoms with E-state index in [1.807, 2.05) is 31.2 Å². The zero-order valence-electron chi connectivity index (χ0n) is 13.8. The van der Waals surface area contributed by atoms with Crippen molar-refractivity contribution < 1.29 is 4.79 Å². The molecule has 1 atom stereocenters. The summed E-state index contributed by atoms with van der Waals surface area (Å²) in [7, 11) is 0. The summed E-state index contributed by atoms with van der Waals surface area (Å²) in [4.78, 5) is 17.1. The Morgan fingerprint density at radius 3 is 2.52 bits per heavy atom. The van der Waals surface area contributed by atoms with Crippen LogP contribution >= 0.6 is 43.2 Å². The molecule has 1 amide bonds. The predicted molar refractivity (Wildman–Crippen MR) is 112 cm³/mol. The molecule has 1 N–H and O–H groups in total. The van der Waals surface area contributed by atoms with Crippen LogP contribution < -0.4 is 5.32 Å². The summed E-state index contributed by atoms with van der Waals surface area (Å²) in [5.74, 6) is 0.0180. The van der Waals surface area contributed by atoms with Crippen LogP contribution in [0.25, 0.3) is 20.8 Å². The molecule has 2 aromatic carbocycles. The van der Waals surface area contributed by atoms with E-state index in [4.69, 9.17) is 4.98 Å². The summed E-state index contributed by atoms with van der Waals surface area (Å²) in [5, 5.41) is 3.99. The fraction of sp³-hybridized carbons (Fsp3) is 0.263. The van der Waals surface area contributed by atoms with Crippen LogP contribution in [0.3, 0.4) is 0 Å². The van der Waals surface area contributed by atoms with Gasteiger partial charge in [-0.2, -0.15) is 0 Å². The number of aromatic nitrogens is 1. The molecule has 3 nitrogen and oxygen atoms in total. The van der Waals surface area contributed by atoms with Gasteiger partial charge in [0.1, 0.15) is 5.01 Å². The van der Waals surface area contributed by atoms with Gasteiger partial charge in [0, 0.05) is 11.3 Å². The van der Waals surface area contributed by atoms with E-state index in [0.29, 0.717) is 0 Å². The van der Waals surface area contributed by atoms with E-state index in [0.717, 1.165) is 28.2 Å². The number of benzene rings is 2. The molecule has 1 aromatic heterocycles. The number of fused-ring (bicyclic) bond motifs is 1. The van der Waals surface area contributed by atoms with Gasteiger partial charge in [-0.15, -0.1) is 11.3 Å². The van der Waals surface area contributed by atoms with Gasteiger partial charge in [-0.25, -0.2) is 4.98 Å². The van der Waals surface area contributed by atoms with Gasteiger partial charge in [-0.05, 0) is 62.2 Å². The molecule has 3 aromatic rings. The Labute approximate surface area is 167 Å². The van der Waals surface area contributed by atoms with E-state index in [1.54, 1.807) is 11.3 Å². The first-order chi connectivity index (χ1) is 11.8. The van der Waals surface area contributed by atoms with Gasteiger partial charge in [-0.1, -0.05) is 37.9 Å². The third kappa shape index (κ3) is 3.04. The lowest BCUT2D eigenvalue weighted by molar-refractivity contribution is -0.120. The summed E-state index contributed by atoms with van der Waals surface area (Å²) in [6, 6.07) is 14.2. The Morgan fingerprint density at radius 1 is 1.20 bits per heavy atom. The number of thiazole rings is 1. The van der Waals surface area contributed by atoms with E-state index in [9.17, 15) is 4.79 Å². The number of carbonyl (C=O) groups excluding carboxylic acids is 1. The van der Waals surface area contributed by atoms with Crippen LogP contribution in [0.15, 0.2) is 42.5 Å². The lowest BCUT2D eigenvalue weighted by Crippen LogP contribution is -2.25. The number of nitrogens with zero attached hydrogens (tertiary/aromatic N) is 1. The maximum Gasteiger partial charge on any atom is 0.232 e. The first kappa shape index (κ1) is 17.2. The van der Waals surface area contributed by atoms with Crippen LogP contribution in [-0.2, 0) is 4.79 Å². The number of nitrogens with one attached hydrogen (secondary N) is 1. The van der Waals surface area contributed by atoms with Gasteiger partial charge in [0.15, 0.2) is 0 Å². The molecule has 128 valence electrons. The molecular formula is C19H16Br2N2OS. The Hall–Kier alpha value is -1.24. The van der Waals surface area contributed by atoms with Crippen LogP contribution in [-0.4, -0.2) is 14.1 Å². The molecular weight excluding hydrogens is 464 g/mol. The molecule has 1 aliphatic rings. The predicted octanol–water partition coefficient (Wildman–Crippen LogP) is 6.11. The van der Waals surface area contributed by atoms with E-state index in [1.165, 1.54) is 10.3 Å². The summed E-state index contributed by atoms with van der Waals surface area (Å²) in [5.41, 5.74) is 3.70. The van der Waals surface area contributed by atoms with Gasteiger partial charge in [0.2, 0.25) is 5.91 Å². The molecule has 1 heterocycles. The van der Waals surface area contributed by atoms with Crippen molar-refractivity contribution in [1.29, 1.82) is 0 Å². The minimum atomic E-state index is -0.420. The molecule has 0 saturated heterocycles. The lowest BCUT2D eigenvalue weighted by Gasteiger charge is -2.13. The first-order valence-corrected chi connectivity index (χ1v) is 10.4. The fourth-order valence-corrected chi connectivity index (χ4v) is 5.32. The van der Waals surface area contributed by atoms with Gasteiger partial charge < -0.3 is 5.32 Å². The van der Waals surface area contributed by atoms with Crippen molar-refractivity contribution in [3.63, 3.8) is 0 Å². The van der Waals surface area contributed by atoms with Gasteiger partial charge in [0.05, 0.1) is 18.9 Å². The highest BCUT2D eigenvalue weighted by Crippen LogP contribution is 2.66. The standard InChI is InChI=1S/C19H16Br2N2OS/c1-11-3-8-14-15(9-11)25-16(23-14)12-4-6-13(7-5-12)22-17(24)18(2)10-19(18,20)21/h3-9H,10H2,1-2H3,(H,22,24). The van der Waals surface area contributed by atoms with Gasteiger partial charge in [0.25, 0.3) is 0 Å². The highest BCUT2D eigenvalue weighted by Gasteiger charge is 2.66. The van der Waals surface area contributed by atoms with Crippen molar-refractivity contribution in [3.8, 4) is 10.6 Å². The Balaban J connectivity index is 1.54. The smallest absolute Gasteiger partial charge is 0.232 e. The number of rotatable bonds is 3. The molecule has 0 radical (unpaired) electrons. The van der Waals surface area contributed by atoms with E-state index < -0.39 is 5.41 Å². The quantitative estimate of drug-likeness (QED) is 0.460. The molecule has 25 heavy (non-hydrogen) atoms. The zero-order valence-corrected chi connectivity index (χ0v) is 17.8. The molecule has 0 spiro atoms. The van der Waals surface area contributed by atoms with Crippen molar-refractivity contribution in [1.82, 2.24) is 4.98 Å². The Bertz CT molecular complexity index is 981. The van der Waals surface area contributed by atoms with Crippen LogP contribution in [0.5, 0.6) is 0 Å². The molecule has 1 aliphatic carbocycles. The average molecular weight is 480 g/mol. The van der Waals surface area contributed by atoms with Crippen LogP contribution in [0.4, 0.5) is 5.69 Å². The molecule has 4 rings (SSSR count). The first-order valence-electron chi connectivity index (χ1n) is 7.95. The number of amides is 1. The summed E-state index contributed by atoms with van der Waals surface area (Å²) >= 11 is 8.76. The number of carbonyl (C=O) groups is 1. The van der Waals surface area contributed by atoms with Gasteiger partial charge in [-0.3, -0.25) is 4.79 Å². The fourth-order valence-electron chi connectivity index (χ4n) is 2.77. The number of aryl methyl sites for hydroxylation is 1. The Morgan fingerprint density at radius 2 is 1.88 bits per heavy atom. The van der Waals surface area contributed by atoms with E-state index >= 15 is 0 Å². The minimum Gasteiger partial charge on any atom is -0.326 e. The second-order valence-corrected chi connectivity index (χ2v) is 11.5. The molecule has 1 fully saturated rings. The molecule has 6 heteroatoms. The molecule has 0 aliphatic heterocycles. The molecule has 0 bridgehead atoms. The van der Waals surface area contributed by atoms with Crippen molar-refractivity contribution in [2.45, 2.75) is 23.5 Å². The SMILES string of the molecule is Cc1ccc2nc(-c3ccc(NC(=O)C4(C)CC4(Br)Br)cc3)sc2c1. The maximum absolute atomic E-state index is 12.4. The van der Waals surface area contributed by atoms with Crippen LogP contribution in [0.1, 0.15) is 18.9 Å². The number of halogens is 2. The lowest BCUT2D eigenvalue weighted by atomic mass is 10.1. The molecule has 1 unspecified atom stereocenters. The highest BCUT2D eigenvalue weighted by atomic mass is 79.9.